The van der Waals surface area contributed by atoms with Gasteiger partial charge in [0.2, 0.25) is 0 Å². The normalized spacial score (nSPS) is 17.7. The van der Waals surface area contributed by atoms with Gasteiger partial charge in [-0.1, -0.05) is 6.92 Å². The molecule has 0 bridgehead atoms. The number of aliphatic hydroxyl groups is 1. The lowest BCUT2D eigenvalue weighted by Gasteiger charge is -2.06. The Hall–Kier alpha value is -0.870. The van der Waals surface area contributed by atoms with E-state index in [0.717, 1.165) is 29.1 Å². The molecule has 0 spiro atoms. The Labute approximate surface area is 87.1 Å². The molecule has 1 unspecified atom stereocenters. The van der Waals surface area contributed by atoms with Crippen LogP contribution in [-0.2, 0) is 11.2 Å². The topological polar surface area (TPSA) is 42.4 Å². The number of thiazole rings is 1. The number of nitrogens with zero attached hydrogens (tertiary/aromatic N) is 1. The molecule has 0 radical (unpaired) electrons. The second-order valence-corrected chi connectivity index (χ2v) is 4.18. The molecule has 0 saturated heterocycles. The van der Waals surface area contributed by atoms with Gasteiger partial charge in [-0.3, -0.25) is 0 Å². The molecule has 1 N–H and O–H groups in total. The predicted octanol–water partition coefficient (Wildman–Crippen LogP) is 2.04. The maximum atomic E-state index is 9.93. The van der Waals surface area contributed by atoms with Gasteiger partial charge in [0.05, 0.1) is 23.6 Å². The molecular weight excluding hydrogens is 198 g/mol. The number of aryl methyl sites for hydroxylation is 1. The molecule has 1 aromatic rings. The minimum Gasteiger partial charge on any atom is -0.501 e. The lowest BCUT2D eigenvalue weighted by Crippen LogP contribution is -2.00. The third-order valence-corrected chi connectivity index (χ3v) is 3.26. The number of ether oxygens (including phenoxy) is 1. The molecule has 1 aromatic heterocycles. The van der Waals surface area contributed by atoms with E-state index in [1.54, 1.807) is 17.6 Å². The first kappa shape index (κ1) is 9.68. The Morgan fingerprint density at radius 1 is 1.71 bits per heavy atom. The van der Waals surface area contributed by atoms with E-state index in [2.05, 4.69) is 11.9 Å². The fraction of sp³-hybridized carbons (Fsp3) is 0.500. The lowest BCUT2D eigenvalue weighted by molar-refractivity contribution is 0.209. The summed E-state index contributed by atoms with van der Waals surface area (Å²) in [5.41, 5.74) is 1.68. The van der Waals surface area contributed by atoms with Crippen LogP contribution in [-0.4, -0.2) is 16.7 Å². The van der Waals surface area contributed by atoms with Crippen LogP contribution in [0.1, 0.15) is 30.2 Å². The van der Waals surface area contributed by atoms with Crippen molar-refractivity contribution in [1.82, 2.24) is 4.98 Å². The maximum absolute atomic E-state index is 9.93. The molecule has 0 saturated carbocycles. The average molecular weight is 211 g/mol. The number of rotatable bonds is 3. The predicted molar refractivity (Wildman–Crippen MR) is 55.1 cm³/mol. The number of hydrogen-bond acceptors (Lipinski definition) is 4. The summed E-state index contributed by atoms with van der Waals surface area (Å²) >= 11 is 1.60. The van der Waals surface area contributed by atoms with E-state index in [1.165, 1.54) is 0 Å². The molecule has 14 heavy (non-hydrogen) atoms. The van der Waals surface area contributed by atoms with E-state index in [0.29, 0.717) is 6.61 Å². The summed E-state index contributed by atoms with van der Waals surface area (Å²) in [7, 11) is 0. The van der Waals surface area contributed by atoms with Crippen LogP contribution in [0.25, 0.3) is 0 Å². The van der Waals surface area contributed by atoms with Crippen molar-refractivity contribution >= 4 is 11.3 Å². The van der Waals surface area contributed by atoms with Crippen molar-refractivity contribution in [3.8, 4) is 0 Å². The first-order valence-corrected chi connectivity index (χ1v) is 5.62. The van der Waals surface area contributed by atoms with E-state index in [4.69, 9.17) is 4.74 Å². The smallest absolute Gasteiger partial charge is 0.121 e. The van der Waals surface area contributed by atoms with E-state index in [9.17, 15) is 5.11 Å². The third kappa shape index (κ3) is 1.81. The zero-order valence-electron chi connectivity index (χ0n) is 8.06. The summed E-state index contributed by atoms with van der Waals surface area (Å²) in [6, 6.07) is 0. The molecule has 0 aromatic carbocycles. The van der Waals surface area contributed by atoms with Crippen molar-refractivity contribution in [2.75, 3.05) is 6.61 Å². The van der Waals surface area contributed by atoms with E-state index < -0.39 is 6.10 Å². The zero-order chi connectivity index (χ0) is 9.97. The highest BCUT2D eigenvalue weighted by atomic mass is 32.1. The van der Waals surface area contributed by atoms with Gasteiger partial charge in [-0.2, -0.15) is 0 Å². The minimum atomic E-state index is -0.575. The SMILES string of the molecule is CCc1nc(C(O)C2=COCC2)cs1. The highest BCUT2D eigenvalue weighted by molar-refractivity contribution is 7.09. The molecule has 4 heteroatoms. The summed E-state index contributed by atoms with van der Waals surface area (Å²) in [5.74, 6) is 0. The zero-order valence-corrected chi connectivity index (χ0v) is 8.88. The van der Waals surface area contributed by atoms with Crippen LogP contribution in [0.5, 0.6) is 0 Å². The van der Waals surface area contributed by atoms with Crippen molar-refractivity contribution in [3.05, 3.63) is 27.9 Å². The van der Waals surface area contributed by atoms with Crippen molar-refractivity contribution in [2.24, 2.45) is 0 Å². The summed E-state index contributed by atoms with van der Waals surface area (Å²) in [4.78, 5) is 4.35. The quantitative estimate of drug-likeness (QED) is 0.832. The summed E-state index contributed by atoms with van der Waals surface area (Å²) in [6.07, 6.45) is 2.80. The highest BCUT2D eigenvalue weighted by Gasteiger charge is 2.19. The van der Waals surface area contributed by atoms with Gasteiger partial charge in [0.1, 0.15) is 6.10 Å². The number of aromatic nitrogens is 1. The summed E-state index contributed by atoms with van der Waals surface area (Å²) in [6.45, 7) is 2.74. The number of hydrogen-bond donors (Lipinski definition) is 1. The van der Waals surface area contributed by atoms with Crippen molar-refractivity contribution in [3.63, 3.8) is 0 Å². The Morgan fingerprint density at radius 2 is 2.57 bits per heavy atom. The van der Waals surface area contributed by atoms with Crippen LogP contribution in [0.3, 0.4) is 0 Å². The van der Waals surface area contributed by atoms with Crippen molar-refractivity contribution < 1.29 is 9.84 Å². The molecule has 3 nitrogen and oxygen atoms in total. The van der Waals surface area contributed by atoms with Gasteiger partial charge in [0.15, 0.2) is 0 Å². The van der Waals surface area contributed by atoms with Crippen LogP contribution in [0.15, 0.2) is 17.2 Å². The monoisotopic (exact) mass is 211 g/mol. The number of aliphatic hydroxyl groups excluding tert-OH is 1. The van der Waals surface area contributed by atoms with Gasteiger partial charge in [0, 0.05) is 17.4 Å². The highest BCUT2D eigenvalue weighted by Crippen LogP contribution is 2.28. The van der Waals surface area contributed by atoms with Crippen LogP contribution in [0, 0.1) is 0 Å². The second kappa shape index (κ2) is 4.11. The van der Waals surface area contributed by atoms with Crippen molar-refractivity contribution in [2.45, 2.75) is 25.9 Å². The molecule has 0 fully saturated rings. The Balaban J connectivity index is 2.13. The molecule has 0 aliphatic carbocycles. The second-order valence-electron chi connectivity index (χ2n) is 3.24. The first-order valence-electron chi connectivity index (χ1n) is 4.74. The average Bonchev–Trinajstić information content (AvgIpc) is 2.88. The van der Waals surface area contributed by atoms with E-state index in [1.807, 2.05) is 5.38 Å². The summed E-state index contributed by atoms with van der Waals surface area (Å²) < 4.78 is 5.09. The fourth-order valence-corrected chi connectivity index (χ4v) is 2.17. The summed E-state index contributed by atoms with van der Waals surface area (Å²) in [5, 5.41) is 12.9. The standard InChI is InChI=1S/C10H13NO2S/c1-2-9-11-8(6-14-9)10(12)7-3-4-13-5-7/h5-6,10,12H,2-4H2,1H3. The van der Waals surface area contributed by atoms with E-state index in [-0.39, 0.29) is 0 Å². The molecule has 1 aliphatic rings. The van der Waals surface area contributed by atoms with Crippen LogP contribution < -0.4 is 0 Å². The van der Waals surface area contributed by atoms with Crippen LogP contribution in [0.2, 0.25) is 0 Å². The molecule has 1 atom stereocenters. The Kier molecular flexibility index (Phi) is 2.84. The Bertz CT molecular complexity index is 346. The van der Waals surface area contributed by atoms with Crippen LogP contribution >= 0.6 is 11.3 Å². The molecular formula is C10H13NO2S. The maximum Gasteiger partial charge on any atom is 0.121 e. The molecule has 2 heterocycles. The third-order valence-electron chi connectivity index (χ3n) is 2.25. The minimum absolute atomic E-state index is 0.575. The van der Waals surface area contributed by atoms with Gasteiger partial charge in [-0.25, -0.2) is 4.98 Å². The van der Waals surface area contributed by atoms with Crippen LogP contribution in [0.4, 0.5) is 0 Å². The van der Waals surface area contributed by atoms with Gasteiger partial charge >= 0.3 is 0 Å². The molecule has 76 valence electrons. The van der Waals surface area contributed by atoms with Gasteiger partial charge in [-0.05, 0) is 6.42 Å². The fourth-order valence-electron chi connectivity index (χ4n) is 1.41. The first-order chi connectivity index (χ1) is 6.81. The van der Waals surface area contributed by atoms with Crippen molar-refractivity contribution in [1.29, 1.82) is 0 Å². The molecule has 2 rings (SSSR count). The lowest BCUT2D eigenvalue weighted by atomic mass is 10.1. The molecule has 1 aliphatic heterocycles. The van der Waals surface area contributed by atoms with Gasteiger partial charge < -0.3 is 9.84 Å². The molecule has 0 amide bonds. The van der Waals surface area contributed by atoms with Gasteiger partial charge in [-0.15, -0.1) is 11.3 Å². The van der Waals surface area contributed by atoms with Gasteiger partial charge in [0.25, 0.3) is 0 Å². The van der Waals surface area contributed by atoms with E-state index >= 15 is 0 Å². The largest absolute Gasteiger partial charge is 0.501 e. The Morgan fingerprint density at radius 3 is 3.14 bits per heavy atom.